The quantitative estimate of drug-likeness (QED) is 0.650. The van der Waals surface area contributed by atoms with Crippen molar-refractivity contribution in [2.45, 2.75) is 19.8 Å². The molecule has 1 nitrogen and oxygen atoms in total. The summed E-state index contributed by atoms with van der Waals surface area (Å²) < 4.78 is 15.4. The van der Waals surface area contributed by atoms with Crippen LogP contribution in [0.4, 0.5) is 4.39 Å². The highest BCUT2D eigenvalue weighted by Crippen LogP contribution is 2.28. The topological polar surface area (TPSA) is 4.93 Å². The first-order chi connectivity index (χ1) is 6.61. The molecule has 2 heteroatoms. The minimum atomic E-state index is -0.119. The van der Waals surface area contributed by atoms with Crippen LogP contribution in [-0.2, 0) is 7.05 Å². The monoisotopic (exact) mass is 191 g/mol. The lowest BCUT2D eigenvalue weighted by molar-refractivity contribution is 0.631. The van der Waals surface area contributed by atoms with Gasteiger partial charge in [-0.05, 0) is 17.5 Å². The molecule has 14 heavy (non-hydrogen) atoms. The van der Waals surface area contributed by atoms with Crippen LogP contribution in [0.25, 0.3) is 10.9 Å². The third kappa shape index (κ3) is 1.22. The number of halogens is 1. The summed E-state index contributed by atoms with van der Waals surface area (Å²) in [5.41, 5.74) is 2.05. The van der Waals surface area contributed by atoms with Crippen molar-refractivity contribution < 1.29 is 4.39 Å². The number of fused-ring (bicyclic) bond motifs is 1. The van der Waals surface area contributed by atoms with Crippen LogP contribution in [0.15, 0.2) is 24.4 Å². The zero-order chi connectivity index (χ0) is 10.3. The summed E-state index contributed by atoms with van der Waals surface area (Å²) >= 11 is 0. The molecule has 0 aliphatic heterocycles. The Labute approximate surface area is 83.2 Å². The molecule has 2 rings (SSSR count). The molecule has 0 aliphatic carbocycles. The van der Waals surface area contributed by atoms with Gasteiger partial charge in [0.1, 0.15) is 5.82 Å². The Morgan fingerprint density at radius 3 is 2.64 bits per heavy atom. The average Bonchev–Trinajstić information content (AvgIpc) is 2.43. The zero-order valence-corrected chi connectivity index (χ0v) is 8.71. The lowest BCUT2D eigenvalue weighted by atomic mass is 9.99. The molecule has 0 atom stereocenters. The Balaban J connectivity index is 2.85. The first kappa shape index (κ1) is 9.25. The predicted octanol–water partition coefficient (Wildman–Crippen LogP) is 3.44. The van der Waals surface area contributed by atoms with Gasteiger partial charge in [0.2, 0.25) is 0 Å². The molecule has 0 N–H and O–H groups in total. The molecule has 1 heterocycles. The van der Waals surface area contributed by atoms with Crippen LogP contribution < -0.4 is 0 Å². The second-order valence-electron chi connectivity index (χ2n) is 3.98. The largest absolute Gasteiger partial charge is 0.348 e. The minimum absolute atomic E-state index is 0.119. The standard InChI is InChI=1S/C12H14FN/c1-8(2)9-5-4-6-11-12(9)10(13)7-14(11)3/h4-8H,1-3H3. The smallest absolute Gasteiger partial charge is 0.148 e. The van der Waals surface area contributed by atoms with Gasteiger partial charge in [0.25, 0.3) is 0 Å². The molecule has 0 saturated heterocycles. The van der Waals surface area contributed by atoms with Gasteiger partial charge in [-0.15, -0.1) is 0 Å². The van der Waals surface area contributed by atoms with Crippen molar-refractivity contribution in [1.82, 2.24) is 4.57 Å². The fraction of sp³-hybridized carbons (Fsp3) is 0.333. The van der Waals surface area contributed by atoms with E-state index in [4.69, 9.17) is 0 Å². The highest BCUT2D eigenvalue weighted by molar-refractivity contribution is 5.84. The predicted molar refractivity (Wildman–Crippen MR) is 57.0 cm³/mol. The summed E-state index contributed by atoms with van der Waals surface area (Å²) in [4.78, 5) is 0. The van der Waals surface area contributed by atoms with Crippen LogP contribution >= 0.6 is 0 Å². The number of hydrogen-bond acceptors (Lipinski definition) is 0. The lowest BCUT2D eigenvalue weighted by Crippen LogP contribution is -1.90. The summed E-state index contributed by atoms with van der Waals surface area (Å²) in [6.45, 7) is 4.17. The van der Waals surface area contributed by atoms with Crippen LogP contribution in [0, 0.1) is 5.82 Å². The first-order valence-corrected chi connectivity index (χ1v) is 4.84. The van der Waals surface area contributed by atoms with Crippen molar-refractivity contribution in [3.8, 4) is 0 Å². The number of benzene rings is 1. The third-order valence-corrected chi connectivity index (χ3v) is 2.62. The van der Waals surface area contributed by atoms with Gasteiger partial charge in [0.15, 0.2) is 0 Å². The van der Waals surface area contributed by atoms with Crippen molar-refractivity contribution in [1.29, 1.82) is 0 Å². The molecule has 0 amide bonds. The Morgan fingerprint density at radius 2 is 2.00 bits per heavy atom. The SMILES string of the molecule is CC(C)c1cccc2c1c(F)cn2C. The van der Waals surface area contributed by atoms with Crippen LogP contribution in [-0.4, -0.2) is 4.57 Å². The molecule has 1 aromatic heterocycles. The summed E-state index contributed by atoms with van der Waals surface area (Å²) in [5.74, 6) is 0.238. The van der Waals surface area contributed by atoms with Crippen molar-refractivity contribution in [2.24, 2.45) is 7.05 Å². The lowest BCUT2D eigenvalue weighted by Gasteiger charge is -2.07. The second kappa shape index (κ2) is 3.12. The van der Waals surface area contributed by atoms with Crippen LogP contribution in [0.3, 0.4) is 0 Å². The molecule has 2 aromatic rings. The maximum Gasteiger partial charge on any atom is 0.148 e. The minimum Gasteiger partial charge on any atom is -0.348 e. The van der Waals surface area contributed by atoms with E-state index < -0.39 is 0 Å². The molecule has 0 saturated carbocycles. The third-order valence-electron chi connectivity index (χ3n) is 2.62. The molecule has 0 fully saturated rings. The van der Waals surface area contributed by atoms with Crippen LogP contribution in [0.2, 0.25) is 0 Å². The summed E-state index contributed by atoms with van der Waals surface area (Å²) in [5, 5.41) is 0.769. The van der Waals surface area contributed by atoms with E-state index in [1.165, 1.54) is 6.20 Å². The highest BCUT2D eigenvalue weighted by Gasteiger charge is 2.12. The van der Waals surface area contributed by atoms with Gasteiger partial charge < -0.3 is 4.57 Å². The van der Waals surface area contributed by atoms with E-state index in [0.29, 0.717) is 5.92 Å². The van der Waals surface area contributed by atoms with E-state index in [-0.39, 0.29) is 5.82 Å². The average molecular weight is 191 g/mol. The van der Waals surface area contributed by atoms with Crippen LogP contribution in [0.5, 0.6) is 0 Å². The Bertz CT molecular complexity index is 468. The summed E-state index contributed by atoms with van der Waals surface area (Å²) in [6, 6.07) is 5.93. The number of rotatable bonds is 1. The fourth-order valence-corrected chi connectivity index (χ4v) is 1.90. The van der Waals surface area contributed by atoms with Gasteiger partial charge in [-0.3, -0.25) is 0 Å². The first-order valence-electron chi connectivity index (χ1n) is 4.84. The molecular formula is C12H14FN. The Kier molecular flexibility index (Phi) is 2.06. The zero-order valence-electron chi connectivity index (χ0n) is 8.71. The van der Waals surface area contributed by atoms with E-state index in [1.54, 1.807) is 0 Å². The molecule has 1 aromatic carbocycles. The van der Waals surface area contributed by atoms with Gasteiger partial charge in [0, 0.05) is 18.6 Å². The normalized spacial score (nSPS) is 11.5. The van der Waals surface area contributed by atoms with Gasteiger partial charge in [-0.2, -0.15) is 0 Å². The van der Waals surface area contributed by atoms with E-state index in [9.17, 15) is 4.39 Å². The molecule has 0 bridgehead atoms. The van der Waals surface area contributed by atoms with E-state index in [2.05, 4.69) is 13.8 Å². The summed E-state index contributed by atoms with van der Waals surface area (Å²) in [6.07, 6.45) is 1.54. The fourth-order valence-electron chi connectivity index (χ4n) is 1.90. The van der Waals surface area contributed by atoms with Crippen molar-refractivity contribution in [2.75, 3.05) is 0 Å². The van der Waals surface area contributed by atoms with Gasteiger partial charge in [-0.1, -0.05) is 26.0 Å². The number of nitrogens with zero attached hydrogens (tertiary/aromatic N) is 1. The maximum atomic E-state index is 13.6. The van der Waals surface area contributed by atoms with Crippen molar-refractivity contribution in [3.63, 3.8) is 0 Å². The van der Waals surface area contributed by atoms with Gasteiger partial charge in [0.05, 0.1) is 5.52 Å². The van der Waals surface area contributed by atoms with E-state index in [0.717, 1.165) is 16.5 Å². The van der Waals surface area contributed by atoms with Crippen molar-refractivity contribution >= 4 is 10.9 Å². The highest BCUT2D eigenvalue weighted by atomic mass is 19.1. The van der Waals surface area contributed by atoms with Crippen LogP contribution in [0.1, 0.15) is 25.3 Å². The molecular weight excluding hydrogens is 177 g/mol. The summed E-state index contributed by atoms with van der Waals surface area (Å²) in [7, 11) is 1.87. The van der Waals surface area contributed by atoms with Gasteiger partial charge >= 0.3 is 0 Å². The van der Waals surface area contributed by atoms with Gasteiger partial charge in [-0.25, -0.2) is 4.39 Å². The molecule has 0 aliphatic rings. The molecule has 0 radical (unpaired) electrons. The van der Waals surface area contributed by atoms with E-state index >= 15 is 0 Å². The Morgan fingerprint density at radius 1 is 1.29 bits per heavy atom. The van der Waals surface area contributed by atoms with E-state index in [1.807, 2.05) is 29.8 Å². The number of aryl methyl sites for hydroxylation is 1. The number of aromatic nitrogens is 1. The second-order valence-corrected chi connectivity index (χ2v) is 3.98. The molecule has 0 spiro atoms. The van der Waals surface area contributed by atoms with Crippen molar-refractivity contribution in [3.05, 3.63) is 35.8 Å². The number of hydrogen-bond donors (Lipinski definition) is 0. The molecule has 74 valence electrons. The molecule has 0 unspecified atom stereocenters. The Hall–Kier alpha value is -1.31. The maximum absolute atomic E-state index is 13.6.